The molecule has 0 spiro atoms. The molecule has 0 atom stereocenters. The second kappa shape index (κ2) is 6.31. The molecule has 1 aliphatic heterocycles. The highest BCUT2D eigenvalue weighted by Crippen LogP contribution is 2.27. The van der Waals surface area contributed by atoms with Crippen molar-refractivity contribution in [2.45, 2.75) is 13.0 Å². The van der Waals surface area contributed by atoms with Crippen LogP contribution in [0.3, 0.4) is 0 Å². The summed E-state index contributed by atoms with van der Waals surface area (Å²) in [5.41, 5.74) is 2.93. The highest BCUT2D eigenvalue weighted by Gasteiger charge is 2.23. The third-order valence-electron chi connectivity index (χ3n) is 3.87. The smallest absolute Gasteiger partial charge is 0.255 e. The van der Waals surface area contributed by atoms with Crippen LogP contribution in [0.2, 0.25) is 5.02 Å². The third-order valence-corrected chi connectivity index (χ3v) is 4.69. The summed E-state index contributed by atoms with van der Waals surface area (Å²) in [5.74, 6) is 0.772. The third kappa shape index (κ3) is 2.99. The number of rotatable bonds is 2. The second-order valence-electron chi connectivity index (χ2n) is 5.24. The highest BCUT2D eigenvalue weighted by atomic mass is 79.9. The Labute approximate surface area is 143 Å². The lowest BCUT2D eigenvalue weighted by Crippen LogP contribution is -2.36. The van der Waals surface area contributed by atoms with E-state index in [1.165, 1.54) is 5.56 Å². The van der Waals surface area contributed by atoms with Gasteiger partial charge in [-0.3, -0.25) is 4.79 Å². The Morgan fingerprint density at radius 2 is 2.05 bits per heavy atom. The number of ether oxygens (including phenoxy) is 1. The normalized spacial score (nSPS) is 13.7. The van der Waals surface area contributed by atoms with Crippen molar-refractivity contribution >= 4 is 33.4 Å². The molecule has 114 valence electrons. The second-order valence-corrected chi connectivity index (χ2v) is 6.56. The van der Waals surface area contributed by atoms with Gasteiger partial charge in [0.05, 0.1) is 17.7 Å². The van der Waals surface area contributed by atoms with Crippen LogP contribution < -0.4 is 4.74 Å². The fourth-order valence-electron chi connectivity index (χ4n) is 2.67. The summed E-state index contributed by atoms with van der Waals surface area (Å²) in [5, 5.41) is 0.477. The van der Waals surface area contributed by atoms with Gasteiger partial charge < -0.3 is 9.64 Å². The summed E-state index contributed by atoms with van der Waals surface area (Å²) in [6.07, 6.45) is 0.844. The standard InChI is InChI=1S/C17H15BrClNO2/c1-22-14-4-2-11-6-7-20(10-12(11)8-14)17(21)15-9-13(18)3-5-16(15)19/h2-5,8-9H,6-7,10H2,1H3. The van der Waals surface area contributed by atoms with E-state index in [0.29, 0.717) is 23.7 Å². The number of carbonyl (C=O) groups is 1. The molecule has 0 radical (unpaired) electrons. The van der Waals surface area contributed by atoms with Crippen molar-refractivity contribution in [2.24, 2.45) is 0 Å². The molecule has 3 rings (SSSR count). The lowest BCUT2D eigenvalue weighted by Gasteiger charge is -2.29. The first kappa shape index (κ1) is 15.4. The Morgan fingerprint density at radius 3 is 2.82 bits per heavy atom. The van der Waals surface area contributed by atoms with E-state index < -0.39 is 0 Å². The van der Waals surface area contributed by atoms with Gasteiger partial charge in [0.25, 0.3) is 5.91 Å². The van der Waals surface area contributed by atoms with Crippen LogP contribution in [0.5, 0.6) is 5.75 Å². The number of benzene rings is 2. The summed E-state index contributed by atoms with van der Waals surface area (Å²) in [6, 6.07) is 11.4. The molecule has 0 bridgehead atoms. The molecule has 0 saturated carbocycles. The van der Waals surface area contributed by atoms with E-state index >= 15 is 0 Å². The minimum Gasteiger partial charge on any atom is -0.497 e. The molecule has 1 heterocycles. The van der Waals surface area contributed by atoms with Gasteiger partial charge in [0.2, 0.25) is 0 Å². The molecule has 0 N–H and O–H groups in total. The molecule has 0 aliphatic carbocycles. The first-order valence-electron chi connectivity index (χ1n) is 6.98. The molecule has 0 aromatic heterocycles. The molecule has 5 heteroatoms. The van der Waals surface area contributed by atoms with Crippen molar-refractivity contribution < 1.29 is 9.53 Å². The van der Waals surface area contributed by atoms with Gasteiger partial charge in [-0.15, -0.1) is 0 Å². The van der Waals surface area contributed by atoms with Crippen molar-refractivity contribution in [2.75, 3.05) is 13.7 Å². The topological polar surface area (TPSA) is 29.5 Å². The number of hydrogen-bond acceptors (Lipinski definition) is 2. The lowest BCUT2D eigenvalue weighted by atomic mass is 9.99. The van der Waals surface area contributed by atoms with E-state index in [4.69, 9.17) is 16.3 Å². The molecule has 2 aromatic carbocycles. The van der Waals surface area contributed by atoms with Crippen molar-refractivity contribution in [3.8, 4) is 5.75 Å². The van der Waals surface area contributed by atoms with Crippen LogP contribution in [0.4, 0.5) is 0 Å². The molecule has 0 fully saturated rings. The number of nitrogens with zero attached hydrogens (tertiary/aromatic N) is 1. The van der Waals surface area contributed by atoms with Crippen LogP contribution in [0.1, 0.15) is 21.5 Å². The Balaban J connectivity index is 1.87. The zero-order chi connectivity index (χ0) is 15.7. The fourth-order valence-corrected chi connectivity index (χ4v) is 3.22. The molecule has 2 aromatic rings. The average Bonchev–Trinajstić information content (AvgIpc) is 2.55. The van der Waals surface area contributed by atoms with Gasteiger partial charge in [0.1, 0.15) is 5.75 Å². The van der Waals surface area contributed by atoms with Crippen molar-refractivity contribution in [3.63, 3.8) is 0 Å². The molecular weight excluding hydrogens is 366 g/mol. The SMILES string of the molecule is COc1ccc2c(c1)CN(C(=O)c1cc(Br)ccc1Cl)CC2. The van der Waals surface area contributed by atoms with Gasteiger partial charge in [0.15, 0.2) is 0 Å². The van der Waals surface area contributed by atoms with Gasteiger partial charge in [-0.1, -0.05) is 33.6 Å². The summed E-state index contributed by atoms with van der Waals surface area (Å²) in [6.45, 7) is 1.27. The quantitative estimate of drug-likeness (QED) is 0.777. The number of amides is 1. The molecule has 1 amide bonds. The van der Waals surface area contributed by atoms with Crippen LogP contribution in [-0.2, 0) is 13.0 Å². The predicted octanol–water partition coefficient (Wildman–Crippen LogP) is 4.31. The van der Waals surface area contributed by atoms with Gasteiger partial charge >= 0.3 is 0 Å². The van der Waals surface area contributed by atoms with E-state index in [9.17, 15) is 4.79 Å². The maximum absolute atomic E-state index is 12.7. The number of fused-ring (bicyclic) bond motifs is 1. The first-order chi connectivity index (χ1) is 10.6. The Kier molecular flexibility index (Phi) is 4.41. The molecule has 0 unspecified atom stereocenters. The molecule has 0 saturated heterocycles. The summed E-state index contributed by atoms with van der Waals surface area (Å²) in [4.78, 5) is 14.6. The van der Waals surface area contributed by atoms with Crippen LogP contribution in [0.15, 0.2) is 40.9 Å². The summed E-state index contributed by atoms with van der Waals surface area (Å²) < 4.78 is 6.11. The summed E-state index contributed by atoms with van der Waals surface area (Å²) in [7, 11) is 1.65. The monoisotopic (exact) mass is 379 g/mol. The Bertz CT molecular complexity index is 733. The number of carbonyl (C=O) groups excluding carboxylic acids is 1. The van der Waals surface area contributed by atoms with E-state index in [1.807, 2.05) is 23.1 Å². The average molecular weight is 381 g/mol. The van der Waals surface area contributed by atoms with Crippen LogP contribution >= 0.6 is 27.5 Å². The van der Waals surface area contributed by atoms with Crippen LogP contribution in [-0.4, -0.2) is 24.5 Å². The minimum atomic E-state index is -0.0419. The largest absolute Gasteiger partial charge is 0.497 e. The van der Waals surface area contributed by atoms with E-state index in [2.05, 4.69) is 22.0 Å². The van der Waals surface area contributed by atoms with Gasteiger partial charge in [-0.25, -0.2) is 0 Å². The van der Waals surface area contributed by atoms with Gasteiger partial charge in [0, 0.05) is 17.6 Å². The van der Waals surface area contributed by atoms with Gasteiger partial charge in [-0.2, -0.15) is 0 Å². The van der Waals surface area contributed by atoms with Crippen molar-refractivity contribution in [1.82, 2.24) is 4.90 Å². The summed E-state index contributed by atoms with van der Waals surface area (Å²) >= 11 is 9.56. The van der Waals surface area contributed by atoms with Crippen molar-refractivity contribution in [1.29, 1.82) is 0 Å². The number of hydrogen-bond donors (Lipinski definition) is 0. The molecular formula is C17H15BrClNO2. The number of halogens is 2. The van der Waals surface area contributed by atoms with Crippen LogP contribution in [0, 0.1) is 0 Å². The maximum Gasteiger partial charge on any atom is 0.255 e. The minimum absolute atomic E-state index is 0.0419. The predicted molar refractivity (Wildman–Crippen MR) is 90.6 cm³/mol. The van der Waals surface area contributed by atoms with E-state index in [-0.39, 0.29) is 5.91 Å². The molecule has 1 aliphatic rings. The molecule has 3 nitrogen and oxygen atoms in total. The van der Waals surface area contributed by atoms with E-state index in [0.717, 1.165) is 22.2 Å². The van der Waals surface area contributed by atoms with Gasteiger partial charge in [-0.05, 0) is 47.9 Å². The maximum atomic E-state index is 12.7. The Hall–Kier alpha value is -1.52. The zero-order valence-electron chi connectivity index (χ0n) is 12.1. The molecule has 22 heavy (non-hydrogen) atoms. The fraction of sp³-hybridized carbons (Fsp3) is 0.235. The zero-order valence-corrected chi connectivity index (χ0v) is 14.4. The first-order valence-corrected chi connectivity index (χ1v) is 8.15. The van der Waals surface area contributed by atoms with Crippen molar-refractivity contribution in [3.05, 3.63) is 62.6 Å². The Morgan fingerprint density at radius 1 is 1.23 bits per heavy atom. The van der Waals surface area contributed by atoms with Crippen LogP contribution in [0.25, 0.3) is 0 Å². The lowest BCUT2D eigenvalue weighted by molar-refractivity contribution is 0.0734. The van der Waals surface area contributed by atoms with E-state index in [1.54, 1.807) is 19.2 Å². The highest BCUT2D eigenvalue weighted by molar-refractivity contribution is 9.10. The number of methoxy groups -OCH3 is 1.